The van der Waals surface area contributed by atoms with E-state index >= 15 is 0 Å². The van der Waals surface area contributed by atoms with Gasteiger partial charge in [-0.2, -0.15) is 0 Å². The fourth-order valence-corrected chi connectivity index (χ4v) is 2.57. The lowest BCUT2D eigenvalue weighted by Gasteiger charge is -2.47. The van der Waals surface area contributed by atoms with Crippen LogP contribution < -0.4 is 5.32 Å². The van der Waals surface area contributed by atoms with Crippen LogP contribution in [0.3, 0.4) is 0 Å². The summed E-state index contributed by atoms with van der Waals surface area (Å²) < 4.78 is 5.03. The molecule has 0 spiro atoms. The minimum Gasteiger partial charge on any atom is -0.377 e. The third-order valence-electron chi connectivity index (χ3n) is 3.85. The molecule has 1 fully saturated rings. The SMILES string of the molecule is COCc1nc(Cl)cc(NCC2(N(C)C)CCC2)n1. The Bertz CT molecular complexity index is 435. The molecule has 1 saturated carbocycles. The van der Waals surface area contributed by atoms with Gasteiger partial charge in [-0.3, -0.25) is 0 Å². The van der Waals surface area contributed by atoms with Crippen molar-refractivity contribution in [3.8, 4) is 0 Å². The van der Waals surface area contributed by atoms with E-state index in [1.807, 2.05) is 0 Å². The molecule has 0 radical (unpaired) electrons. The van der Waals surface area contributed by atoms with Gasteiger partial charge < -0.3 is 15.0 Å². The fraction of sp³-hybridized carbons (Fsp3) is 0.692. The van der Waals surface area contributed by atoms with E-state index in [-0.39, 0.29) is 5.54 Å². The Morgan fingerprint density at radius 1 is 1.42 bits per heavy atom. The number of hydrogen-bond acceptors (Lipinski definition) is 5. The van der Waals surface area contributed by atoms with E-state index in [0.29, 0.717) is 17.6 Å². The number of likely N-dealkylation sites (N-methyl/N-ethyl adjacent to an activating group) is 1. The van der Waals surface area contributed by atoms with E-state index in [1.54, 1.807) is 13.2 Å². The fourth-order valence-electron chi connectivity index (χ4n) is 2.37. The number of rotatable bonds is 6. The first-order valence-electron chi connectivity index (χ1n) is 6.49. The zero-order chi connectivity index (χ0) is 13.9. The smallest absolute Gasteiger partial charge is 0.158 e. The van der Waals surface area contributed by atoms with Crippen LogP contribution in [0.25, 0.3) is 0 Å². The molecule has 1 aromatic heterocycles. The van der Waals surface area contributed by atoms with Gasteiger partial charge in [0.15, 0.2) is 5.82 Å². The summed E-state index contributed by atoms with van der Waals surface area (Å²) in [6.07, 6.45) is 3.73. The Labute approximate surface area is 119 Å². The van der Waals surface area contributed by atoms with E-state index in [9.17, 15) is 0 Å². The molecule has 0 aromatic carbocycles. The zero-order valence-electron chi connectivity index (χ0n) is 11.7. The van der Waals surface area contributed by atoms with Gasteiger partial charge in [-0.15, -0.1) is 0 Å². The maximum absolute atomic E-state index is 5.99. The maximum Gasteiger partial charge on any atom is 0.158 e. The first kappa shape index (κ1) is 14.5. The highest BCUT2D eigenvalue weighted by Crippen LogP contribution is 2.36. The summed E-state index contributed by atoms with van der Waals surface area (Å²) in [5.74, 6) is 1.37. The molecule has 19 heavy (non-hydrogen) atoms. The van der Waals surface area contributed by atoms with Gasteiger partial charge >= 0.3 is 0 Å². The number of aromatic nitrogens is 2. The molecule has 2 rings (SSSR count). The number of ether oxygens (including phenoxy) is 1. The van der Waals surface area contributed by atoms with Gasteiger partial charge in [0.25, 0.3) is 0 Å². The highest BCUT2D eigenvalue weighted by molar-refractivity contribution is 6.29. The second-order valence-electron chi connectivity index (χ2n) is 5.25. The average Bonchev–Trinajstić information content (AvgIpc) is 2.26. The van der Waals surface area contributed by atoms with E-state index in [4.69, 9.17) is 16.3 Å². The molecular weight excluding hydrogens is 264 g/mol. The van der Waals surface area contributed by atoms with Crippen LogP contribution in [0.4, 0.5) is 5.82 Å². The molecule has 1 heterocycles. The minimum absolute atomic E-state index is 0.249. The van der Waals surface area contributed by atoms with Crippen molar-refractivity contribution in [1.82, 2.24) is 14.9 Å². The van der Waals surface area contributed by atoms with Crippen LogP contribution in [0.1, 0.15) is 25.1 Å². The van der Waals surface area contributed by atoms with Gasteiger partial charge in [0.1, 0.15) is 17.6 Å². The zero-order valence-corrected chi connectivity index (χ0v) is 12.5. The first-order chi connectivity index (χ1) is 9.05. The monoisotopic (exact) mass is 284 g/mol. The topological polar surface area (TPSA) is 50.3 Å². The van der Waals surface area contributed by atoms with Gasteiger partial charge in [-0.05, 0) is 33.4 Å². The van der Waals surface area contributed by atoms with Crippen LogP contribution in [-0.2, 0) is 11.3 Å². The van der Waals surface area contributed by atoms with Crippen LogP contribution in [0.5, 0.6) is 0 Å². The Morgan fingerprint density at radius 2 is 2.16 bits per heavy atom. The molecule has 1 aliphatic carbocycles. The average molecular weight is 285 g/mol. The predicted octanol–water partition coefficient (Wildman–Crippen LogP) is 2.17. The first-order valence-corrected chi connectivity index (χ1v) is 6.87. The van der Waals surface area contributed by atoms with Crippen LogP contribution in [-0.4, -0.2) is 48.2 Å². The van der Waals surface area contributed by atoms with Gasteiger partial charge in [0, 0.05) is 25.3 Å². The number of anilines is 1. The highest BCUT2D eigenvalue weighted by atomic mass is 35.5. The molecule has 0 unspecified atom stereocenters. The Balaban J connectivity index is 2.02. The van der Waals surface area contributed by atoms with Gasteiger partial charge in [0.05, 0.1) is 0 Å². The molecule has 0 saturated heterocycles. The van der Waals surface area contributed by atoms with E-state index < -0.39 is 0 Å². The van der Waals surface area contributed by atoms with Crippen molar-refractivity contribution in [3.63, 3.8) is 0 Å². The normalized spacial score (nSPS) is 17.3. The van der Waals surface area contributed by atoms with Crippen LogP contribution in [0, 0.1) is 0 Å². The standard InChI is InChI=1S/C13H21ClN4O/c1-18(2)13(5-4-6-13)9-15-11-7-10(14)16-12(17-11)8-19-3/h7H,4-6,8-9H2,1-3H3,(H,15,16,17). The third kappa shape index (κ3) is 3.35. The Hall–Kier alpha value is -0.910. The summed E-state index contributed by atoms with van der Waals surface area (Å²) >= 11 is 5.99. The van der Waals surface area contributed by atoms with E-state index in [0.717, 1.165) is 12.4 Å². The number of halogens is 1. The highest BCUT2D eigenvalue weighted by Gasteiger charge is 2.38. The summed E-state index contributed by atoms with van der Waals surface area (Å²) in [5, 5.41) is 3.82. The van der Waals surface area contributed by atoms with Crippen molar-refractivity contribution in [2.24, 2.45) is 0 Å². The largest absolute Gasteiger partial charge is 0.377 e. The molecule has 106 valence electrons. The maximum atomic E-state index is 5.99. The van der Waals surface area contributed by atoms with Crippen LogP contribution in [0.2, 0.25) is 5.15 Å². The summed E-state index contributed by atoms with van der Waals surface area (Å²) in [5.41, 5.74) is 0.249. The Kier molecular flexibility index (Phi) is 4.60. The van der Waals surface area contributed by atoms with Gasteiger partial charge in [-0.25, -0.2) is 9.97 Å². The molecule has 5 nitrogen and oxygen atoms in total. The van der Waals surface area contributed by atoms with E-state index in [2.05, 4.69) is 34.3 Å². The predicted molar refractivity (Wildman–Crippen MR) is 76.5 cm³/mol. The third-order valence-corrected chi connectivity index (χ3v) is 4.04. The quantitative estimate of drug-likeness (QED) is 0.812. The second kappa shape index (κ2) is 6.03. The van der Waals surface area contributed by atoms with Crippen molar-refractivity contribution >= 4 is 17.4 Å². The van der Waals surface area contributed by atoms with Crippen molar-refractivity contribution in [2.75, 3.05) is 33.1 Å². The summed E-state index contributed by atoms with van der Waals surface area (Å²) in [7, 11) is 5.88. The molecule has 0 atom stereocenters. The van der Waals surface area contributed by atoms with Crippen LogP contribution >= 0.6 is 11.6 Å². The number of nitrogens with one attached hydrogen (secondary N) is 1. The molecule has 1 N–H and O–H groups in total. The number of hydrogen-bond donors (Lipinski definition) is 1. The number of methoxy groups -OCH3 is 1. The molecule has 0 bridgehead atoms. The molecule has 1 aromatic rings. The lowest BCUT2D eigenvalue weighted by molar-refractivity contribution is 0.0738. The van der Waals surface area contributed by atoms with Gasteiger partial charge in [0.2, 0.25) is 0 Å². The van der Waals surface area contributed by atoms with Crippen LogP contribution in [0.15, 0.2) is 6.07 Å². The lowest BCUT2D eigenvalue weighted by atomic mass is 9.75. The molecular formula is C13H21ClN4O. The van der Waals surface area contributed by atoms with E-state index in [1.165, 1.54) is 19.3 Å². The summed E-state index contributed by atoms with van der Waals surface area (Å²) in [6.45, 7) is 1.24. The molecule has 1 aliphatic rings. The Morgan fingerprint density at radius 3 is 2.68 bits per heavy atom. The van der Waals surface area contributed by atoms with Crippen molar-refractivity contribution in [3.05, 3.63) is 17.0 Å². The molecule has 0 aliphatic heterocycles. The molecule has 0 amide bonds. The van der Waals surface area contributed by atoms with Crippen molar-refractivity contribution in [2.45, 2.75) is 31.4 Å². The second-order valence-corrected chi connectivity index (χ2v) is 5.64. The molecule has 6 heteroatoms. The van der Waals surface area contributed by atoms with Gasteiger partial charge in [-0.1, -0.05) is 11.6 Å². The summed E-state index contributed by atoms with van der Waals surface area (Å²) in [4.78, 5) is 10.8. The number of nitrogens with zero attached hydrogens (tertiary/aromatic N) is 3. The lowest BCUT2D eigenvalue weighted by Crippen LogP contribution is -2.54. The summed E-state index contributed by atoms with van der Waals surface area (Å²) in [6, 6.07) is 1.75. The van der Waals surface area contributed by atoms with Crippen molar-refractivity contribution < 1.29 is 4.74 Å². The minimum atomic E-state index is 0.249. The van der Waals surface area contributed by atoms with Crippen molar-refractivity contribution in [1.29, 1.82) is 0 Å².